The highest BCUT2D eigenvalue weighted by Gasteiger charge is 2.13. The number of hydrogen-bond donors (Lipinski definition) is 2. The molecule has 0 aliphatic carbocycles. The van der Waals surface area contributed by atoms with Crippen LogP contribution in [0, 0.1) is 13.8 Å². The summed E-state index contributed by atoms with van der Waals surface area (Å²) in [6, 6.07) is 9.51. The minimum Gasteiger partial charge on any atom is -0.489 e. The Bertz CT molecular complexity index is 776. The van der Waals surface area contributed by atoms with Gasteiger partial charge in [0.2, 0.25) is 0 Å². The van der Waals surface area contributed by atoms with Crippen LogP contribution in [0.3, 0.4) is 0 Å². The van der Waals surface area contributed by atoms with Crippen LogP contribution >= 0.6 is 15.9 Å². The van der Waals surface area contributed by atoms with E-state index in [1.807, 2.05) is 44.2 Å². The van der Waals surface area contributed by atoms with Crippen molar-refractivity contribution in [2.24, 2.45) is 5.84 Å². The van der Waals surface area contributed by atoms with Crippen molar-refractivity contribution >= 4 is 27.6 Å². The summed E-state index contributed by atoms with van der Waals surface area (Å²) in [7, 11) is 1.50. The molecule has 0 heterocycles. The summed E-state index contributed by atoms with van der Waals surface area (Å²) in [6.07, 6.45) is 0.846. The Morgan fingerprint density at radius 1 is 1.28 bits per heavy atom. The zero-order valence-electron chi connectivity index (χ0n) is 15.0. The number of carbonyl (C=O) groups is 1. The van der Waals surface area contributed by atoms with E-state index in [2.05, 4.69) is 28.2 Å². The molecule has 2 rings (SSSR count). The third-order valence-electron chi connectivity index (χ3n) is 4.04. The number of rotatable bonds is 5. The molecule has 0 bridgehead atoms. The number of nitrogens with one attached hydrogen (secondary N) is 1. The van der Waals surface area contributed by atoms with Crippen LogP contribution in [-0.4, -0.2) is 18.1 Å². The maximum atomic E-state index is 11.9. The number of urea groups is 1. The van der Waals surface area contributed by atoms with Gasteiger partial charge in [0.25, 0.3) is 0 Å². The van der Waals surface area contributed by atoms with Crippen LogP contribution in [-0.2, 0) is 13.0 Å². The number of benzene rings is 2. The second kappa shape index (κ2) is 8.36. The Morgan fingerprint density at radius 3 is 2.64 bits per heavy atom. The minimum absolute atomic E-state index is 0.370. The van der Waals surface area contributed by atoms with Crippen LogP contribution in [0.15, 0.2) is 34.8 Å². The summed E-state index contributed by atoms with van der Waals surface area (Å²) in [5.41, 5.74) is 4.97. The molecule has 0 atom stereocenters. The third kappa shape index (κ3) is 4.74. The molecule has 0 unspecified atom stereocenters. The molecule has 0 fully saturated rings. The average molecular weight is 406 g/mol. The van der Waals surface area contributed by atoms with Crippen molar-refractivity contribution in [3.8, 4) is 5.75 Å². The van der Waals surface area contributed by atoms with Gasteiger partial charge in [0.1, 0.15) is 12.4 Å². The number of hydrazine groups is 1. The summed E-state index contributed by atoms with van der Waals surface area (Å²) in [6.45, 7) is 6.49. The first kappa shape index (κ1) is 19.3. The van der Waals surface area contributed by atoms with Gasteiger partial charge in [0.05, 0.1) is 0 Å². The molecular formula is C19H24BrN3O2. The lowest BCUT2D eigenvalue weighted by molar-refractivity contribution is 0.223. The smallest absolute Gasteiger partial charge is 0.335 e. The van der Waals surface area contributed by atoms with Crippen LogP contribution in [0.1, 0.15) is 29.2 Å². The predicted octanol–water partition coefficient (Wildman–Crippen LogP) is 4.54. The van der Waals surface area contributed by atoms with Crippen LogP contribution < -0.4 is 15.9 Å². The molecule has 0 aliphatic heterocycles. The molecule has 0 saturated carbocycles. The Kier molecular flexibility index (Phi) is 6.45. The van der Waals surface area contributed by atoms with E-state index in [9.17, 15) is 4.79 Å². The molecule has 0 saturated heterocycles. The third-order valence-corrected chi connectivity index (χ3v) is 4.90. The number of nitrogens with zero attached hydrogens (tertiary/aromatic N) is 1. The first-order chi connectivity index (χ1) is 11.8. The Morgan fingerprint density at radius 2 is 2.00 bits per heavy atom. The van der Waals surface area contributed by atoms with E-state index in [1.165, 1.54) is 7.05 Å². The number of hydrogen-bond acceptors (Lipinski definition) is 3. The highest BCUT2D eigenvalue weighted by Crippen LogP contribution is 2.29. The molecular weight excluding hydrogens is 382 g/mol. The van der Waals surface area contributed by atoms with Gasteiger partial charge in [-0.2, -0.15) is 0 Å². The van der Waals surface area contributed by atoms with E-state index in [0.717, 1.165) is 43.9 Å². The Hall–Kier alpha value is -2.05. The lowest BCUT2D eigenvalue weighted by Gasteiger charge is -2.18. The molecule has 0 aromatic heterocycles. The van der Waals surface area contributed by atoms with Gasteiger partial charge in [-0.05, 0) is 55.2 Å². The van der Waals surface area contributed by atoms with Crippen LogP contribution in [0.25, 0.3) is 0 Å². The van der Waals surface area contributed by atoms with E-state index >= 15 is 0 Å². The first-order valence-electron chi connectivity index (χ1n) is 8.13. The molecule has 2 aromatic rings. The SMILES string of the molecule is CCc1cccc(NC(=O)N(C)N)c1COc1cc(C)c(Br)cc1C. The second-order valence-corrected chi connectivity index (χ2v) is 6.85. The number of nitrogens with two attached hydrogens (primary N) is 1. The Balaban J connectivity index is 2.29. The van der Waals surface area contributed by atoms with E-state index in [4.69, 9.17) is 10.6 Å². The topological polar surface area (TPSA) is 67.6 Å². The summed E-state index contributed by atoms with van der Waals surface area (Å²) < 4.78 is 7.13. The van der Waals surface area contributed by atoms with Crippen molar-refractivity contribution < 1.29 is 9.53 Å². The number of carbonyl (C=O) groups excluding carboxylic acids is 1. The van der Waals surface area contributed by atoms with Crippen molar-refractivity contribution in [1.82, 2.24) is 5.01 Å². The van der Waals surface area contributed by atoms with E-state index in [-0.39, 0.29) is 6.03 Å². The van der Waals surface area contributed by atoms with Gasteiger partial charge in [-0.25, -0.2) is 10.6 Å². The molecule has 0 radical (unpaired) electrons. The largest absolute Gasteiger partial charge is 0.489 e. The lowest BCUT2D eigenvalue weighted by Crippen LogP contribution is -2.37. The number of halogens is 1. The molecule has 0 spiro atoms. The summed E-state index contributed by atoms with van der Waals surface area (Å²) in [5, 5.41) is 3.85. The van der Waals surface area contributed by atoms with Crippen molar-refractivity contribution in [3.63, 3.8) is 0 Å². The fraction of sp³-hybridized carbons (Fsp3) is 0.316. The predicted molar refractivity (Wildman–Crippen MR) is 105 cm³/mol. The highest BCUT2D eigenvalue weighted by atomic mass is 79.9. The van der Waals surface area contributed by atoms with Gasteiger partial charge in [-0.3, -0.25) is 5.01 Å². The molecule has 2 amide bonds. The number of aryl methyl sites for hydroxylation is 3. The fourth-order valence-corrected chi connectivity index (χ4v) is 2.97. The molecule has 134 valence electrons. The molecule has 2 aromatic carbocycles. The number of amides is 2. The maximum absolute atomic E-state index is 11.9. The van der Waals surface area contributed by atoms with Gasteiger partial charge in [0, 0.05) is 22.8 Å². The zero-order chi connectivity index (χ0) is 18.6. The molecule has 3 N–H and O–H groups in total. The normalized spacial score (nSPS) is 10.5. The summed E-state index contributed by atoms with van der Waals surface area (Å²) >= 11 is 3.53. The standard InChI is InChI=1S/C19H24BrN3O2/c1-5-14-7-6-8-17(22-19(24)23(4)21)15(14)11-25-18-10-12(2)16(20)9-13(18)3/h6-10H,5,11,21H2,1-4H3,(H,22,24). The van der Waals surface area contributed by atoms with Gasteiger partial charge >= 0.3 is 6.03 Å². The summed E-state index contributed by atoms with van der Waals surface area (Å²) in [4.78, 5) is 11.9. The molecule has 6 heteroatoms. The van der Waals surface area contributed by atoms with Gasteiger partial charge in [0.15, 0.2) is 0 Å². The molecule has 25 heavy (non-hydrogen) atoms. The van der Waals surface area contributed by atoms with E-state index in [1.54, 1.807) is 0 Å². The lowest BCUT2D eigenvalue weighted by atomic mass is 10.0. The monoisotopic (exact) mass is 405 g/mol. The van der Waals surface area contributed by atoms with Crippen molar-refractivity contribution in [3.05, 3.63) is 57.1 Å². The van der Waals surface area contributed by atoms with Gasteiger partial charge in [-0.15, -0.1) is 0 Å². The minimum atomic E-state index is -0.370. The van der Waals surface area contributed by atoms with Crippen LogP contribution in [0.4, 0.5) is 10.5 Å². The zero-order valence-corrected chi connectivity index (χ0v) is 16.6. The first-order valence-corrected chi connectivity index (χ1v) is 8.92. The van der Waals surface area contributed by atoms with E-state index in [0.29, 0.717) is 12.3 Å². The molecule has 0 aliphatic rings. The van der Waals surface area contributed by atoms with E-state index < -0.39 is 0 Å². The quantitative estimate of drug-likeness (QED) is 0.435. The Labute approximate surface area is 157 Å². The highest BCUT2D eigenvalue weighted by molar-refractivity contribution is 9.10. The summed E-state index contributed by atoms with van der Waals surface area (Å²) in [5.74, 6) is 6.34. The number of ether oxygens (including phenoxy) is 1. The number of anilines is 1. The fourth-order valence-electron chi connectivity index (χ4n) is 2.52. The second-order valence-electron chi connectivity index (χ2n) is 5.99. The van der Waals surface area contributed by atoms with Gasteiger partial charge in [-0.1, -0.05) is 35.0 Å². The van der Waals surface area contributed by atoms with Crippen molar-refractivity contribution in [1.29, 1.82) is 0 Å². The average Bonchev–Trinajstić information content (AvgIpc) is 2.57. The molecule has 5 nitrogen and oxygen atoms in total. The van der Waals surface area contributed by atoms with Crippen LogP contribution in [0.2, 0.25) is 0 Å². The van der Waals surface area contributed by atoms with Crippen molar-refractivity contribution in [2.45, 2.75) is 33.8 Å². The van der Waals surface area contributed by atoms with Crippen LogP contribution in [0.5, 0.6) is 5.75 Å². The van der Waals surface area contributed by atoms with Gasteiger partial charge < -0.3 is 10.1 Å². The van der Waals surface area contributed by atoms with Crippen molar-refractivity contribution in [2.75, 3.05) is 12.4 Å². The maximum Gasteiger partial charge on any atom is 0.335 e.